The molecule has 0 radical (unpaired) electrons. The van der Waals surface area contributed by atoms with Gasteiger partial charge in [-0.05, 0) is 44.5 Å². The van der Waals surface area contributed by atoms with Gasteiger partial charge in [0.25, 0.3) is 0 Å². The second-order valence-electron chi connectivity index (χ2n) is 5.16. The first-order chi connectivity index (χ1) is 8.66. The molecule has 98 valence electrons. The van der Waals surface area contributed by atoms with E-state index >= 15 is 0 Å². The van der Waals surface area contributed by atoms with Gasteiger partial charge in [-0.15, -0.1) is 0 Å². The van der Waals surface area contributed by atoms with Crippen LogP contribution < -0.4 is 0 Å². The van der Waals surface area contributed by atoms with Gasteiger partial charge in [-0.1, -0.05) is 30.5 Å². The van der Waals surface area contributed by atoms with Gasteiger partial charge >= 0.3 is 5.97 Å². The maximum Gasteiger partial charge on any atom is 0.336 e. The van der Waals surface area contributed by atoms with Crippen LogP contribution in [0.3, 0.4) is 0 Å². The average Bonchev–Trinajstić information content (AvgIpc) is 2.60. The summed E-state index contributed by atoms with van der Waals surface area (Å²) < 4.78 is 0. The summed E-state index contributed by atoms with van der Waals surface area (Å²) in [6, 6.07) is 5.73. The minimum atomic E-state index is -0.816. The number of carboxylic acids is 1. The Kier molecular flexibility index (Phi) is 4.37. The van der Waals surface area contributed by atoms with E-state index in [9.17, 15) is 9.90 Å². The Morgan fingerprint density at radius 3 is 2.50 bits per heavy atom. The fourth-order valence-electron chi connectivity index (χ4n) is 2.56. The lowest BCUT2D eigenvalue weighted by molar-refractivity contribution is 0.0694. The number of rotatable bonds is 3. The lowest BCUT2D eigenvalue weighted by Gasteiger charge is -2.20. The van der Waals surface area contributed by atoms with Crippen molar-refractivity contribution in [3.8, 4) is 0 Å². The van der Waals surface area contributed by atoms with E-state index in [1.165, 1.54) is 25.7 Å². The quantitative estimate of drug-likeness (QED) is 0.892. The van der Waals surface area contributed by atoms with E-state index in [1.807, 2.05) is 19.1 Å². The van der Waals surface area contributed by atoms with Crippen molar-refractivity contribution in [1.29, 1.82) is 0 Å². The molecule has 1 N–H and O–H groups in total. The van der Waals surface area contributed by atoms with Crippen molar-refractivity contribution in [3.05, 3.63) is 34.9 Å². The Balaban J connectivity index is 2.14. The van der Waals surface area contributed by atoms with Crippen molar-refractivity contribution in [2.24, 2.45) is 0 Å². The maximum atomic E-state index is 11.3. The molecule has 18 heavy (non-hydrogen) atoms. The van der Waals surface area contributed by atoms with Crippen LogP contribution in [0.15, 0.2) is 18.2 Å². The fourth-order valence-corrected chi connectivity index (χ4v) is 2.56. The third-order valence-corrected chi connectivity index (χ3v) is 3.59. The van der Waals surface area contributed by atoms with Crippen LogP contribution in [0.25, 0.3) is 0 Å². The average molecular weight is 247 g/mol. The van der Waals surface area contributed by atoms with Gasteiger partial charge in [0, 0.05) is 6.54 Å². The molecule has 0 aliphatic carbocycles. The lowest BCUT2D eigenvalue weighted by atomic mass is 10.0. The molecule has 1 saturated heterocycles. The highest BCUT2D eigenvalue weighted by atomic mass is 16.4. The highest BCUT2D eigenvalue weighted by molar-refractivity contribution is 5.89. The molecule has 0 unspecified atom stereocenters. The molecule has 3 nitrogen and oxygen atoms in total. The molecular formula is C15H21NO2. The first kappa shape index (κ1) is 13.1. The Morgan fingerprint density at radius 2 is 1.89 bits per heavy atom. The Morgan fingerprint density at radius 1 is 1.22 bits per heavy atom. The van der Waals surface area contributed by atoms with E-state index in [4.69, 9.17) is 0 Å². The molecule has 1 aliphatic rings. The molecule has 0 amide bonds. The number of carbonyl (C=O) groups is 1. The Bertz CT molecular complexity index is 421. The molecule has 0 atom stereocenters. The predicted octanol–water partition coefficient (Wildman–Crippen LogP) is 3.07. The third kappa shape index (κ3) is 3.33. The van der Waals surface area contributed by atoms with E-state index in [2.05, 4.69) is 4.90 Å². The summed E-state index contributed by atoms with van der Waals surface area (Å²) in [5, 5.41) is 9.26. The fraction of sp³-hybridized carbons (Fsp3) is 0.533. The molecule has 3 heteroatoms. The van der Waals surface area contributed by atoms with Crippen LogP contribution in [-0.2, 0) is 6.54 Å². The number of nitrogens with zero attached hydrogens (tertiary/aromatic N) is 1. The molecular weight excluding hydrogens is 226 g/mol. The summed E-state index contributed by atoms with van der Waals surface area (Å²) in [6.07, 6.45) is 5.06. The minimum absolute atomic E-state index is 0.458. The smallest absolute Gasteiger partial charge is 0.336 e. The topological polar surface area (TPSA) is 40.5 Å². The van der Waals surface area contributed by atoms with Gasteiger partial charge in [0.05, 0.1) is 5.56 Å². The molecule has 1 aromatic rings. The number of aryl methyl sites for hydroxylation is 1. The SMILES string of the molecule is Cc1ccc(CN2CCCCCC2)c(C(=O)O)c1. The number of likely N-dealkylation sites (tertiary alicyclic amines) is 1. The van der Waals surface area contributed by atoms with E-state index in [0.29, 0.717) is 5.56 Å². The summed E-state index contributed by atoms with van der Waals surface area (Å²) in [7, 11) is 0. The van der Waals surface area contributed by atoms with E-state index < -0.39 is 5.97 Å². The van der Waals surface area contributed by atoms with Crippen LogP contribution in [0.4, 0.5) is 0 Å². The van der Waals surface area contributed by atoms with Crippen LogP contribution in [0.5, 0.6) is 0 Å². The van der Waals surface area contributed by atoms with Crippen LogP contribution in [0, 0.1) is 6.92 Å². The highest BCUT2D eigenvalue weighted by Crippen LogP contribution is 2.17. The summed E-state index contributed by atoms with van der Waals surface area (Å²) in [5.74, 6) is -0.816. The van der Waals surface area contributed by atoms with Gasteiger partial charge in [0.2, 0.25) is 0 Å². The molecule has 0 saturated carbocycles. The summed E-state index contributed by atoms with van der Waals surface area (Å²) >= 11 is 0. The zero-order valence-electron chi connectivity index (χ0n) is 11.0. The van der Waals surface area contributed by atoms with Crippen LogP contribution in [0.2, 0.25) is 0 Å². The van der Waals surface area contributed by atoms with Gasteiger partial charge < -0.3 is 5.11 Å². The molecule has 1 fully saturated rings. The predicted molar refractivity (Wildman–Crippen MR) is 71.9 cm³/mol. The van der Waals surface area contributed by atoms with Gasteiger partial charge in [-0.3, -0.25) is 4.90 Å². The minimum Gasteiger partial charge on any atom is -0.478 e. The number of carboxylic acid groups (broad SMARTS) is 1. The van der Waals surface area contributed by atoms with Gasteiger partial charge in [-0.25, -0.2) is 4.79 Å². The highest BCUT2D eigenvalue weighted by Gasteiger charge is 2.14. The van der Waals surface area contributed by atoms with Gasteiger partial charge in [-0.2, -0.15) is 0 Å². The molecule has 1 aliphatic heterocycles. The van der Waals surface area contributed by atoms with Crippen LogP contribution in [-0.4, -0.2) is 29.1 Å². The van der Waals surface area contributed by atoms with Crippen molar-refractivity contribution in [2.45, 2.75) is 39.2 Å². The van der Waals surface area contributed by atoms with E-state index in [0.717, 1.165) is 30.8 Å². The second-order valence-corrected chi connectivity index (χ2v) is 5.16. The van der Waals surface area contributed by atoms with Crippen molar-refractivity contribution in [2.75, 3.05) is 13.1 Å². The second kappa shape index (κ2) is 6.01. The number of benzene rings is 1. The van der Waals surface area contributed by atoms with Crippen molar-refractivity contribution < 1.29 is 9.90 Å². The summed E-state index contributed by atoms with van der Waals surface area (Å²) in [6.45, 7) is 4.88. The zero-order valence-corrected chi connectivity index (χ0v) is 11.0. The van der Waals surface area contributed by atoms with Crippen molar-refractivity contribution in [3.63, 3.8) is 0 Å². The largest absolute Gasteiger partial charge is 0.478 e. The zero-order chi connectivity index (χ0) is 13.0. The maximum absolute atomic E-state index is 11.3. The standard InChI is InChI=1S/C15H21NO2/c1-12-6-7-13(14(10-12)15(17)18)11-16-8-4-2-3-5-9-16/h6-7,10H,2-5,8-9,11H2,1H3,(H,17,18). The number of hydrogen-bond donors (Lipinski definition) is 1. The monoisotopic (exact) mass is 247 g/mol. The summed E-state index contributed by atoms with van der Waals surface area (Å²) in [4.78, 5) is 13.6. The number of aromatic carboxylic acids is 1. The van der Waals surface area contributed by atoms with Gasteiger partial charge in [0.15, 0.2) is 0 Å². The molecule has 2 rings (SSSR count). The molecule has 1 heterocycles. The molecule has 0 aromatic heterocycles. The van der Waals surface area contributed by atoms with Crippen molar-refractivity contribution >= 4 is 5.97 Å². The van der Waals surface area contributed by atoms with E-state index in [-0.39, 0.29) is 0 Å². The number of hydrogen-bond acceptors (Lipinski definition) is 2. The molecule has 0 bridgehead atoms. The summed E-state index contributed by atoms with van der Waals surface area (Å²) in [5.41, 5.74) is 2.40. The van der Waals surface area contributed by atoms with Crippen molar-refractivity contribution in [1.82, 2.24) is 4.90 Å². The van der Waals surface area contributed by atoms with Crippen LogP contribution >= 0.6 is 0 Å². The first-order valence-electron chi connectivity index (χ1n) is 6.72. The Hall–Kier alpha value is -1.35. The molecule has 1 aromatic carbocycles. The normalized spacial score (nSPS) is 17.4. The molecule has 0 spiro atoms. The third-order valence-electron chi connectivity index (χ3n) is 3.59. The van der Waals surface area contributed by atoms with E-state index in [1.54, 1.807) is 6.07 Å². The lowest BCUT2D eigenvalue weighted by Crippen LogP contribution is -2.25. The van der Waals surface area contributed by atoms with Gasteiger partial charge in [0.1, 0.15) is 0 Å². The van der Waals surface area contributed by atoms with Crippen LogP contribution in [0.1, 0.15) is 47.2 Å². The Labute approximate surface area is 108 Å². The first-order valence-corrected chi connectivity index (χ1v) is 6.72.